The normalized spacial score (nSPS) is 13.1. The summed E-state index contributed by atoms with van der Waals surface area (Å²) in [6.45, 7) is 5.91. The molecule has 0 spiro atoms. The summed E-state index contributed by atoms with van der Waals surface area (Å²) in [7, 11) is 3.47. The third-order valence-electron chi connectivity index (χ3n) is 3.37. The number of hydrogen-bond acceptors (Lipinski definition) is 3. The molecule has 0 aliphatic carbocycles. The van der Waals surface area contributed by atoms with Crippen molar-refractivity contribution < 1.29 is 14.6 Å². The standard InChI is InChI=1S/C15H23NO3/c1-10-6-7-12(19-5)11(8-10)14(16-4)15(2,3)9-13(17)18/h6-8,14,16H,9H2,1-5H3,(H,17,18). The van der Waals surface area contributed by atoms with E-state index in [9.17, 15) is 4.79 Å². The van der Waals surface area contributed by atoms with Gasteiger partial charge in [-0.25, -0.2) is 0 Å². The maximum absolute atomic E-state index is 11.0. The van der Waals surface area contributed by atoms with E-state index in [-0.39, 0.29) is 12.5 Å². The molecule has 0 saturated carbocycles. The second-order valence-corrected chi connectivity index (χ2v) is 5.53. The molecule has 0 fully saturated rings. The van der Waals surface area contributed by atoms with Gasteiger partial charge in [0.25, 0.3) is 0 Å². The molecular weight excluding hydrogens is 242 g/mol. The van der Waals surface area contributed by atoms with Crippen LogP contribution in [0.4, 0.5) is 0 Å². The van der Waals surface area contributed by atoms with Crippen molar-refractivity contribution in [2.75, 3.05) is 14.2 Å². The van der Waals surface area contributed by atoms with Gasteiger partial charge in [0.1, 0.15) is 5.75 Å². The van der Waals surface area contributed by atoms with Gasteiger partial charge >= 0.3 is 5.97 Å². The fourth-order valence-electron chi connectivity index (χ4n) is 2.54. The topological polar surface area (TPSA) is 58.6 Å². The van der Waals surface area contributed by atoms with Crippen LogP contribution < -0.4 is 10.1 Å². The van der Waals surface area contributed by atoms with E-state index in [0.717, 1.165) is 16.9 Å². The minimum Gasteiger partial charge on any atom is -0.496 e. The Morgan fingerprint density at radius 1 is 1.47 bits per heavy atom. The van der Waals surface area contributed by atoms with E-state index in [1.807, 2.05) is 46.0 Å². The van der Waals surface area contributed by atoms with Crippen LogP contribution in [0.1, 0.15) is 37.4 Å². The second-order valence-electron chi connectivity index (χ2n) is 5.53. The molecule has 4 nitrogen and oxygen atoms in total. The Labute approximate surface area is 114 Å². The minimum atomic E-state index is -0.795. The lowest BCUT2D eigenvalue weighted by molar-refractivity contribution is -0.139. The van der Waals surface area contributed by atoms with Gasteiger partial charge in [-0.15, -0.1) is 0 Å². The first-order valence-corrected chi connectivity index (χ1v) is 6.35. The SMILES string of the molecule is CNC(c1cc(C)ccc1OC)C(C)(C)CC(=O)O. The number of methoxy groups -OCH3 is 1. The number of ether oxygens (including phenoxy) is 1. The number of carbonyl (C=O) groups is 1. The maximum atomic E-state index is 11.0. The molecule has 0 radical (unpaired) electrons. The Morgan fingerprint density at radius 2 is 2.11 bits per heavy atom. The summed E-state index contributed by atoms with van der Waals surface area (Å²) in [6, 6.07) is 5.87. The van der Waals surface area contributed by atoms with Crippen LogP contribution in [-0.2, 0) is 4.79 Å². The zero-order valence-corrected chi connectivity index (χ0v) is 12.3. The van der Waals surface area contributed by atoms with Crippen LogP contribution in [0.3, 0.4) is 0 Å². The van der Waals surface area contributed by atoms with Crippen LogP contribution in [0.25, 0.3) is 0 Å². The molecule has 1 atom stereocenters. The lowest BCUT2D eigenvalue weighted by Gasteiger charge is -2.34. The molecule has 1 rings (SSSR count). The molecule has 0 saturated heterocycles. The van der Waals surface area contributed by atoms with Crippen molar-refractivity contribution in [3.8, 4) is 5.75 Å². The van der Waals surface area contributed by atoms with Crippen molar-refractivity contribution >= 4 is 5.97 Å². The summed E-state index contributed by atoms with van der Waals surface area (Å²) in [5.74, 6) is -0.0136. The number of benzene rings is 1. The minimum absolute atomic E-state index is 0.0848. The number of aryl methyl sites for hydroxylation is 1. The van der Waals surface area contributed by atoms with Crippen LogP contribution in [0.15, 0.2) is 18.2 Å². The van der Waals surface area contributed by atoms with E-state index in [2.05, 4.69) is 5.32 Å². The lowest BCUT2D eigenvalue weighted by atomic mass is 9.77. The Balaban J connectivity index is 3.22. The molecule has 0 aliphatic rings. The predicted molar refractivity (Wildman–Crippen MR) is 75.6 cm³/mol. The molecule has 1 unspecified atom stereocenters. The highest BCUT2D eigenvalue weighted by molar-refractivity contribution is 5.67. The Bertz CT molecular complexity index is 455. The van der Waals surface area contributed by atoms with E-state index >= 15 is 0 Å². The number of rotatable bonds is 6. The first-order valence-electron chi connectivity index (χ1n) is 6.35. The number of nitrogens with one attached hydrogen (secondary N) is 1. The zero-order valence-electron chi connectivity index (χ0n) is 12.3. The highest BCUT2D eigenvalue weighted by atomic mass is 16.5. The molecule has 1 aromatic rings. The molecule has 0 bridgehead atoms. The molecule has 2 N–H and O–H groups in total. The Hall–Kier alpha value is -1.55. The first kappa shape index (κ1) is 15.5. The van der Waals surface area contributed by atoms with Crippen molar-refractivity contribution in [1.29, 1.82) is 0 Å². The van der Waals surface area contributed by atoms with Gasteiger partial charge in [-0.1, -0.05) is 31.5 Å². The van der Waals surface area contributed by atoms with Crippen LogP contribution in [0.5, 0.6) is 5.75 Å². The van der Waals surface area contributed by atoms with Gasteiger partial charge in [-0.3, -0.25) is 4.79 Å². The predicted octanol–water partition coefficient (Wildman–Crippen LogP) is 2.77. The van der Waals surface area contributed by atoms with Crippen molar-refractivity contribution in [2.45, 2.75) is 33.2 Å². The van der Waals surface area contributed by atoms with E-state index in [0.29, 0.717) is 0 Å². The number of hydrogen-bond donors (Lipinski definition) is 2. The summed E-state index contributed by atoms with van der Waals surface area (Å²) in [5.41, 5.74) is 1.71. The van der Waals surface area contributed by atoms with Gasteiger partial charge in [-0.05, 0) is 25.5 Å². The van der Waals surface area contributed by atoms with Crippen LogP contribution >= 0.6 is 0 Å². The summed E-state index contributed by atoms with van der Waals surface area (Å²) < 4.78 is 5.40. The first-order chi connectivity index (χ1) is 8.81. The monoisotopic (exact) mass is 265 g/mol. The van der Waals surface area contributed by atoms with E-state index < -0.39 is 11.4 Å². The summed E-state index contributed by atoms with van der Waals surface area (Å²) >= 11 is 0. The molecule has 106 valence electrons. The fraction of sp³-hybridized carbons (Fsp3) is 0.533. The third-order valence-corrected chi connectivity index (χ3v) is 3.37. The average molecular weight is 265 g/mol. The Kier molecular flexibility index (Phi) is 4.95. The summed E-state index contributed by atoms with van der Waals surface area (Å²) in [6.07, 6.45) is 0.0929. The van der Waals surface area contributed by atoms with Crippen LogP contribution in [0, 0.1) is 12.3 Å². The molecule has 19 heavy (non-hydrogen) atoms. The molecule has 0 aromatic heterocycles. The van der Waals surface area contributed by atoms with Gasteiger partial charge in [0.15, 0.2) is 0 Å². The molecular formula is C15H23NO3. The van der Waals surface area contributed by atoms with E-state index in [4.69, 9.17) is 9.84 Å². The molecule has 0 aliphatic heterocycles. The maximum Gasteiger partial charge on any atom is 0.303 e. The molecule has 4 heteroatoms. The fourth-order valence-corrected chi connectivity index (χ4v) is 2.54. The average Bonchev–Trinajstić information content (AvgIpc) is 2.28. The van der Waals surface area contributed by atoms with Crippen LogP contribution in [0.2, 0.25) is 0 Å². The molecule has 1 aromatic carbocycles. The summed E-state index contributed by atoms with van der Waals surface area (Å²) in [4.78, 5) is 11.0. The smallest absolute Gasteiger partial charge is 0.303 e. The van der Waals surface area contributed by atoms with Crippen molar-refractivity contribution in [2.24, 2.45) is 5.41 Å². The Morgan fingerprint density at radius 3 is 2.58 bits per heavy atom. The van der Waals surface area contributed by atoms with E-state index in [1.165, 1.54) is 0 Å². The van der Waals surface area contributed by atoms with Crippen molar-refractivity contribution in [3.05, 3.63) is 29.3 Å². The van der Waals surface area contributed by atoms with Gasteiger partial charge in [0, 0.05) is 11.6 Å². The molecule has 0 amide bonds. The quantitative estimate of drug-likeness (QED) is 0.830. The largest absolute Gasteiger partial charge is 0.496 e. The third kappa shape index (κ3) is 3.70. The highest BCUT2D eigenvalue weighted by Gasteiger charge is 2.33. The lowest BCUT2D eigenvalue weighted by Crippen LogP contribution is -2.34. The van der Waals surface area contributed by atoms with Crippen LogP contribution in [-0.4, -0.2) is 25.2 Å². The van der Waals surface area contributed by atoms with Gasteiger partial charge in [-0.2, -0.15) is 0 Å². The van der Waals surface area contributed by atoms with Crippen molar-refractivity contribution in [1.82, 2.24) is 5.32 Å². The number of carboxylic acids is 1. The van der Waals surface area contributed by atoms with Crippen molar-refractivity contribution in [3.63, 3.8) is 0 Å². The number of carboxylic acid groups (broad SMARTS) is 1. The summed E-state index contributed by atoms with van der Waals surface area (Å²) in [5, 5.41) is 12.3. The highest BCUT2D eigenvalue weighted by Crippen LogP contribution is 2.40. The van der Waals surface area contributed by atoms with Gasteiger partial charge in [0.05, 0.1) is 13.5 Å². The molecule has 0 heterocycles. The number of aliphatic carboxylic acids is 1. The zero-order chi connectivity index (χ0) is 14.6. The van der Waals surface area contributed by atoms with Gasteiger partial charge < -0.3 is 15.2 Å². The second kappa shape index (κ2) is 6.06. The van der Waals surface area contributed by atoms with E-state index in [1.54, 1.807) is 7.11 Å². The van der Waals surface area contributed by atoms with Gasteiger partial charge in [0.2, 0.25) is 0 Å².